The molecule has 1 fully saturated rings. The molecule has 0 aromatic rings. The number of nitrogens with two attached hydrogens (primary N) is 1. The minimum atomic E-state index is 0.121. The van der Waals surface area contributed by atoms with Crippen molar-refractivity contribution in [3.63, 3.8) is 0 Å². The highest BCUT2D eigenvalue weighted by molar-refractivity contribution is 5.78. The van der Waals surface area contributed by atoms with E-state index in [1.807, 2.05) is 0 Å². The monoisotopic (exact) mass is 255 g/mol. The molecule has 0 radical (unpaired) electrons. The maximum atomic E-state index is 11.8. The van der Waals surface area contributed by atoms with E-state index in [1.54, 1.807) is 0 Å². The Morgan fingerprint density at radius 3 is 2.61 bits per heavy atom. The number of carbonyl (C=O) groups is 1. The highest BCUT2D eigenvalue weighted by Gasteiger charge is 2.24. The van der Waals surface area contributed by atoms with E-state index in [0.29, 0.717) is 31.6 Å². The molecular formula is C14H29N3O. The molecule has 3 N–H and O–H groups in total. The molecule has 0 aromatic heterocycles. The third-order valence-corrected chi connectivity index (χ3v) is 3.65. The topological polar surface area (TPSA) is 58.4 Å². The first-order valence-electron chi connectivity index (χ1n) is 7.34. The van der Waals surface area contributed by atoms with Crippen LogP contribution in [0.1, 0.15) is 46.0 Å². The second-order valence-electron chi connectivity index (χ2n) is 5.73. The van der Waals surface area contributed by atoms with E-state index in [2.05, 4.69) is 24.1 Å². The number of carbonyl (C=O) groups excluding carboxylic acids is 1. The summed E-state index contributed by atoms with van der Waals surface area (Å²) >= 11 is 0. The lowest BCUT2D eigenvalue weighted by atomic mass is 10.1. The predicted octanol–water partition coefficient (Wildman–Crippen LogP) is 1.35. The molecule has 0 spiro atoms. The Kier molecular flexibility index (Phi) is 7.28. The fourth-order valence-electron chi connectivity index (χ4n) is 2.54. The van der Waals surface area contributed by atoms with Crippen LogP contribution in [0.4, 0.5) is 0 Å². The van der Waals surface area contributed by atoms with Crippen molar-refractivity contribution in [3.8, 4) is 0 Å². The second kappa shape index (κ2) is 8.48. The number of amides is 1. The summed E-state index contributed by atoms with van der Waals surface area (Å²) in [6, 6.07) is 0.618. The van der Waals surface area contributed by atoms with Crippen molar-refractivity contribution in [2.45, 2.75) is 52.0 Å². The van der Waals surface area contributed by atoms with Crippen LogP contribution in [-0.4, -0.2) is 43.0 Å². The van der Waals surface area contributed by atoms with E-state index in [1.165, 1.54) is 32.1 Å². The minimum absolute atomic E-state index is 0.121. The molecule has 1 amide bonds. The molecular weight excluding hydrogens is 226 g/mol. The second-order valence-corrected chi connectivity index (χ2v) is 5.73. The van der Waals surface area contributed by atoms with Crippen molar-refractivity contribution in [3.05, 3.63) is 0 Å². The van der Waals surface area contributed by atoms with E-state index in [4.69, 9.17) is 5.73 Å². The summed E-state index contributed by atoms with van der Waals surface area (Å²) < 4.78 is 0. The summed E-state index contributed by atoms with van der Waals surface area (Å²) in [6.45, 7) is 7.15. The molecule has 18 heavy (non-hydrogen) atoms. The third kappa shape index (κ3) is 5.83. The molecule has 0 unspecified atom stereocenters. The van der Waals surface area contributed by atoms with Gasteiger partial charge in [0.2, 0.25) is 5.91 Å². The van der Waals surface area contributed by atoms with Gasteiger partial charge in [-0.1, -0.05) is 26.7 Å². The molecule has 0 aromatic carbocycles. The molecule has 1 aliphatic rings. The first kappa shape index (κ1) is 15.4. The summed E-state index contributed by atoms with van der Waals surface area (Å²) in [5.74, 6) is 0.817. The lowest BCUT2D eigenvalue weighted by Crippen LogP contribution is -2.43. The van der Waals surface area contributed by atoms with Gasteiger partial charge in [0.05, 0.1) is 6.54 Å². The lowest BCUT2D eigenvalue weighted by molar-refractivity contribution is -0.122. The van der Waals surface area contributed by atoms with Crippen molar-refractivity contribution in [1.29, 1.82) is 0 Å². The Labute approximate surface area is 111 Å². The molecule has 0 bridgehead atoms. The van der Waals surface area contributed by atoms with Gasteiger partial charge in [-0.05, 0) is 31.7 Å². The van der Waals surface area contributed by atoms with Gasteiger partial charge < -0.3 is 11.1 Å². The van der Waals surface area contributed by atoms with Crippen LogP contribution in [0.25, 0.3) is 0 Å². The SMILES string of the molecule is CC(C)CCN(CC(=O)NCCN)C1CCCC1. The van der Waals surface area contributed by atoms with Gasteiger partial charge in [-0.25, -0.2) is 0 Å². The van der Waals surface area contributed by atoms with Crippen molar-refractivity contribution >= 4 is 5.91 Å². The van der Waals surface area contributed by atoms with E-state index >= 15 is 0 Å². The number of hydrogen-bond donors (Lipinski definition) is 2. The van der Waals surface area contributed by atoms with Gasteiger partial charge >= 0.3 is 0 Å². The Bertz CT molecular complexity index is 237. The first-order chi connectivity index (χ1) is 8.63. The maximum absolute atomic E-state index is 11.8. The molecule has 4 nitrogen and oxygen atoms in total. The minimum Gasteiger partial charge on any atom is -0.354 e. The zero-order valence-electron chi connectivity index (χ0n) is 12.0. The van der Waals surface area contributed by atoms with E-state index in [9.17, 15) is 4.79 Å². The largest absolute Gasteiger partial charge is 0.354 e. The summed E-state index contributed by atoms with van der Waals surface area (Å²) in [6.07, 6.45) is 6.30. The maximum Gasteiger partial charge on any atom is 0.234 e. The average Bonchev–Trinajstić information content (AvgIpc) is 2.85. The number of rotatable bonds is 8. The smallest absolute Gasteiger partial charge is 0.234 e. The van der Waals surface area contributed by atoms with Crippen LogP contribution in [0.3, 0.4) is 0 Å². The Morgan fingerprint density at radius 1 is 1.39 bits per heavy atom. The van der Waals surface area contributed by atoms with Crippen LogP contribution in [0.15, 0.2) is 0 Å². The summed E-state index contributed by atoms with van der Waals surface area (Å²) in [5, 5.41) is 2.87. The molecule has 0 saturated heterocycles. The molecule has 0 heterocycles. The van der Waals surface area contributed by atoms with Gasteiger partial charge in [0, 0.05) is 19.1 Å². The van der Waals surface area contributed by atoms with Gasteiger partial charge in [0.15, 0.2) is 0 Å². The molecule has 0 atom stereocenters. The standard InChI is InChI=1S/C14H29N3O/c1-12(2)7-10-17(13-5-3-4-6-13)11-14(18)16-9-8-15/h12-13H,3-11,15H2,1-2H3,(H,16,18). The lowest BCUT2D eigenvalue weighted by Gasteiger charge is -2.28. The zero-order chi connectivity index (χ0) is 13.4. The fourth-order valence-corrected chi connectivity index (χ4v) is 2.54. The van der Waals surface area contributed by atoms with Gasteiger partial charge in [-0.15, -0.1) is 0 Å². The van der Waals surface area contributed by atoms with Gasteiger partial charge in [-0.2, -0.15) is 0 Å². The predicted molar refractivity (Wildman–Crippen MR) is 75.3 cm³/mol. The quantitative estimate of drug-likeness (QED) is 0.688. The van der Waals surface area contributed by atoms with Crippen molar-refractivity contribution in [2.75, 3.05) is 26.2 Å². The van der Waals surface area contributed by atoms with Crippen LogP contribution in [0.2, 0.25) is 0 Å². The van der Waals surface area contributed by atoms with E-state index < -0.39 is 0 Å². The Balaban J connectivity index is 2.40. The molecule has 1 saturated carbocycles. The summed E-state index contributed by atoms with van der Waals surface area (Å²) in [7, 11) is 0. The normalized spacial score (nSPS) is 16.7. The van der Waals surface area contributed by atoms with Crippen LogP contribution >= 0.6 is 0 Å². The highest BCUT2D eigenvalue weighted by atomic mass is 16.2. The van der Waals surface area contributed by atoms with Crippen LogP contribution in [-0.2, 0) is 4.79 Å². The molecule has 1 aliphatic carbocycles. The number of nitrogens with zero attached hydrogens (tertiary/aromatic N) is 1. The Morgan fingerprint density at radius 2 is 2.06 bits per heavy atom. The van der Waals surface area contributed by atoms with Gasteiger partial charge in [0.25, 0.3) is 0 Å². The van der Waals surface area contributed by atoms with Crippen LogP contribution in [0, 0.1) is 5.92 Å². The fraction of sp³-hybridized carbons (Fsp3) is 0.929. The highest BCUT2D eigenvalue weighted by Crippen LogP contribution is 2.23. The molecule has 4 heteroatoms. The van der Waals surface area contributed by atoms with Crippen LogP contribution < -0.4 is 11.1 Å². The zero-order valence-corrected chi connectivity index (χ0v) is 12.0. The van der Waals surface area contributed by atoms with Gasteiger partial charge in [-0.3, -0.25) is 9.69 Å². The van der Waals surface area contributed by atoms with Gasteiger partial charge in [0.1, 0.15) is 0 Å². The summed E-state index contributed by atoms with van der Waals surface area (Å²) in [4.78, 5) is 14.2. The van der Waals surface area contributed by atoms with E-state index in [-0.39, 0.29) is 5.91 Å². The Hall–Kier alpha value is -0.610. The van der Waals surface area contributed by atoms with Crippen molar-refractivity contribution < 1.29 is 4.79 Å². The van der Waals surface area contributed by atoms with Crippen LogP contribution in [0.5, 0.6) is 0 Å². The molecule has 1 rings (SSSR count). The number of nitrogens with one attached hydrogen (secondary N) is 1. The van der Waals surface area contributed by atoms with E-state index in [0.717, 1.165) is 6.54 Å². The first-order valence-corrected chi connectivity index (χ1v) is 7.34. The summed E-state index contributed by atoms with van der Waals surface area (Å²) in [5.41, 5.74) is 5.40. The third-order valence-electron chi connectivity index (χ3n) is 3.65. The van der Waals surface area contributed by atoms with Crippen molar-refractivity contribution in [1.82, 2.24) is 10.2 Å². The molecule has 0 aliphatic heterocycles. The molecule has 106 valence electrons. The average molecular weight is 255 g/mol. The number of hydrogen-bond acceptors (Lipinski definition) is 3. The van der Waals surface area contributed by atoms with Crippen molar-refractivity contribution in [2.24, 2.45) is 11.7 Å².